The second-order valence-electron chi connectivity index (χ2n) is 3.97. The predicted octanol–water partition coefficient (Wildman–Crippen LogP) is 2.23. The van der Waals surface area contributed by atoms with E-state index in [2.05, 4.69) is 42.1 Å². The lowest BCUT2D eigenvalue weighted by molar-refractivity contribution is 0.0383. The molecule has 0 unspecified atom stereocenters. The maximum atomic E-state index is 5.48. The number of nitrogens with one attached hydrogen (secondary N) is 1. The minimum Gasteiger partial charge on any atom is -0.452 e. The van der Waals surface area contributed by atoms with Crippen LogP contribution in [0.1, 0.15) is 5.76 Å². The van der Waals surface area contributed by atoms with Crippen LogP contribution >= 0.6 is 31.9 Å². The van der Waals surface area contributed by atoms with E-state index in [1.807, 2.05) is 6.07 Å². The molecular formula is C11H16Br2N2O2. The molecule has 1 aromatic rings. The summed E-state index contributed by atoms with van der Waals surface area (Å²) >= 11 is 6.72. The van der Waals surface area contributed by atoms with Crippen LogP contribution in [-0.4, -0.2) is 44.3 Å². The molecule has 0 aliphatic carbocycles. The Hall–Kier alpha value is 0.120. The Kier molecular flexibility index (Phi) is 5.49. The average molecular weight is 368 g/mol. The molecule has 4 nitrogen and oxygen atoms in total. The van der Waals surface area contributed by atoms with E-state index in [0.717, 1.165) is 60.8 Å². The molecule has 0 amide bonds. The van der Waals surface area contributed by atoms with Crippen LogP contribution in [0.25, 0.3) is 0 Å². The van der Waals surface area contributed by atoms with E-state index in [0.29, 0.717) is 0 Å². The van der Waals surface area contributed by atoms with Gasteiger partial charge in [0.2, 0.25) is 0 Å². The van der Waals surface area contributed by atoms with Gasteiger partial charge < -0.3 is 14.5 Å². The number of morpholine rings is 1. The van der Waals surface area contributed by atoms with Crippen molar-refractivity contribution in [2.24, 2.45) is 0 Å². The lowest BCUT2D eigenvalue weighted by atomic mass is 10.4. The monoisotopic (exact) mass is 366 g/mol. The molecule has 0 aromatic carbocycles. The fraction of sp³-hybridized carbons (Fsp3) is 0.636. The van der Waals surface area contributed by atoms with Crippen molar-refractivity contribution in [1.82, 2.24) is 10.2 Å². The summed E-state index contributed by atoms with van der Waals surface area (Å²) < 4.78 is 12.5. The van der Waals surface area contributed by atoms with Gasteiger partial charge in [0.25, 0.3) is 0 Å². The van der Waals surface area contributed by atoms with Crippen LogP contribution in [0.3, 0.4) is 0 Å². The van der Waals surface area contributed by atoms with Gasteiger partial charge in [-0.3, -0.25) is 4.90 Å². The molecule has 0 radical (unpaired) electrons. The highest BCUT2D eigenvalue weighted by Crippen LogP contribution is 2.26. The Balaban J connectivity index is 1.62. The highest BCUT2D eigenvalue weighted by Gasteiger charge is 2.09. The van der Waals surface area contributed by atoms with Gasteiger partial charge in [-0.2, -0.15) is 0 Å². The molecule has 6 heteroatoms. The van der Waals surface area contributed by atoms with E-state index in [4.69, 9.17) is 9.15 Å². The molecule has 0 bridgehead atoms. The van der Waals surface area contributed by atoms with Crippen LogP contribution in [0, 0.1) is 0 Å². The Morgan fingerprint density at radius 2 is 2.06 bits per heavy atom. The quantitative estimate of drug-likeness (QED) is 0.810. The highest BCUT2D eigenvalue weighted by molar-refractivity contribution is 9.13. The molecule has 17 heavy (non-hydrogen) atoms. The van der Waals surface area contributed by atoms with Gasteiger partial charge in [-0.1, -0.05) is 0 Å². The SMILES string of the molecule is Brc1cc(CNCCN2CCOCC2)oc1Br. The van der Waals surface area contributed by atoms with Crippen LogP contribution in [0.5, 0.6) is 0 Å². The van der Waals surface area contributed by atoms with Gasteiger partial charge in [-0.25, -0.2) is 0 Å². The summed E-state index contributed by atoms with van der Waals surface area (Å²) in [7, 11) is 0. The normalized spacial score (nSPS) is 17.5. The Bertz CT molecular complexity index is 332. The van der Waals surface area contributed by atoms with Crippen molar-refractivity contribution in [1.29, 1.82) is 0 Å². The molecule has 1 aliphatic rings. The van der Waals surface area contributed by atoms with Crippen LogP contribution in [0.15, 0.2) is 19.6 Å². The fourth-order valence-electron chi connectivity index (χ4n) is 1.75. The van der Waals surface area contributed by atoms with Crippen molar-refractivity contribution in [3.05, 3.63) is 21.0 Å². The van der Waals surface area contributed by atoms with E-state index in [1.54, 1.807) is 0 Å². The summed E-state index contributed by atoms with van der Waals surface area (Å²) in [6, 6.07) is 1.98. The van der Waals surface area contributed by atoms with Gasteiger partial charge >= 0.3 is 0 Å². The first-order chi connectivity index (χ1) is 8.25. The number of halogens is 2. The lowest BCUT2D eigenvalue weighted by Gasteiger charge is -2.26. The van der Waals surface area contributed by atoms with Gasteiger partial charge in [0.1, 0.15) is 5.76 Å². The van der Waals surface area contributed by atoms with E-state index in [-0.39, 0.29) is 0 Å². The molecule has 0 atom stereocenters. The number of rotatable bonds is 5. The molecule has 96 valence electrons. The summed E-state index contributed by atoms with van der Waals surface area (Å²) in [5.74, 6) is 0.936. The lowest BCUT2D eigenvalue weighted by Crippen LogP contribution is -2.40. The molecule has 1 N–H and O–H groups in total. The van der Waals surface area contributed by atoms with Crippen molar-refractivity contribution in [2.45, 2.75) is 6.54 Å². The van der Waals surface area contributed by atoms with Crippen LogP contribution in [-0.2, 0) is 11.3 Å². The second-order valence-corrected chi connectivity index (χ2v) is 5.54. The van der Waals surface area contributed by atoms with Gasteiger partial charge in [-0.15, -0.1) is 0 Å². The number of hydrogen-bond acceptors (Lipinski definition) is 4. The van der Waals surface area contributed by atoms with Crippen molar-refractivity contribution < 1.29 is 9.15 Å². The molecule has 2 rings (SSSR count). The predicted molar refractivity (Wildman–Crippen MR) is 73.1 cm³/mol. The van der Waals surface area contributed by atoms with Crippen molar-refractivity contribution in [3.63, 3.8) is 0 Å². The highest BCUT2D eigenvalue weighted by atomic mass is 79.9. The van der Waals surface area contributed by atoms with Crippen LogP contribution in [0.2, 0.25) is 0 Å². The van der Waals surface area contributed by atoms with E-state index in [1.165, 1.54) is 0 Å². The number of nitrogens with zero attached hydrogens (tertiary/aromatic N) is 1. The van der Waals surface area contributed by atoms with Gasteiger partial charge in [0.05, 0.1) is 24.2 Å². The summed E-state index contributed by atoms with van der Waals surface area (Å²) in [6.45, 7) is 6.59. The number of ether oxygens (including phenoxy) is 1. The Labute approximate surface area is 118 Å². The van der Waals surface area contributed by atoms with Gasteiger partial charge in [-0.05, 0) is 37.9 Å². The molecule has 1 saturated heterocycles. The summed E-state index contributed by atoms with van der Waals surface area (Å²) in [6.07, 6.45) is 0. The largest absolute Gasteiger partial charge is 0.452 e. The molecular weight excluding hydrogens is 352 g/mol. The summed E-state index contributed by atoms with van der Waals surface area (Å²) in [5, 5.41) is 3.37. The summed E-state index contributed by atoms with van der Waals surface area (Å²) in [5.41, 5.74) is 0. The first-order valence-electron chi connectivity index (χ1n) is 5.70. The first kappa shape index (κ1) is 13.5. The smallest absolute Gasteiger partial charge is 0.183 e. The van der Waals surface area contributed by atoms with Crippen LogP contribution < -0.4 is 5.32 Å². The third kappa shape index (κ3) is 4.37. The first-order valence-corrected chi connectivity index (χ1v) is 7.29. The minimum absolute atomic E-state index is 0.752. The topological polar surface area (TPSA) is 37.6 Å². The molecule has 2 heterocycles. The molecule has 1 aromatic heterocycles. The third-order valence-electron chi connectivity index (χ3n) is 2.70. The Morgan fingerprint density at radius 1 is 1.29 bits per heavy atom. The van der Waals surface area contributed by atoms with Crippen molar-refractivity contribution in [3.8, 4) is 0 Å². The van der Waals surface area contributed by atoms with E-state index < -0.39 is 0 Å². The zero-order valence-electron chi connectivity index (χ0n) is 9.55. The number of furan rings is 1. The summed E-state index contributed by atoms with van der Waals surface area (Å²) in [4.78, 5) is 2.41. The second kappa shape index (κ2) is 6.89. The minimum atomic E-state index is 0.752. The maximum absolute atomic E-state index is 5.48. The Morgan fingerprint density at radius 3 is 2.71 bits per heavy atom. The van der Waals surface area contributed by atoms with Crippen molar-refractivity contribution in [2.75, 3.05) is 39.4 Å². The fourth-order valence-corrected chi connectivity index (χ4v) is 2.41. The zero-order chi connectivity index (χ0) is 12.1. The van der Waals surface area contributed by atoms with E-state index in [9.17, 15) is 0 Å². The maximum Gasteiger partial charge on any atom is 0.183 e. The van der Waals surface area contributed by atoms with Crippen LogP contribution in [0.4, 0.5) is 0 Å². The molecule has 1 fully saturated rings. The molecule has 0 spiro atoms. The molecule has 1 aliphatic heterocycles. The zero-order valence-corrected chi connectivity index (χ0v) is 12.7. The van der Waals surface area contributed by atoms with Gasteiger partial charge in [0, 0.05) is 26.2 Å². The average Bonchev–Trinajstić information content (AvgIpc) is 2.66. The van der Waals surface area contributed by atoms with Crippen molar-refractivity contribution >= 4 is 31.9 Å². The van der Waals surface area contributed by atoms with Gasteiger partial charge in [0.15, 0.2) is 4.67 Å². The molecule has 0 saturated carbocycles. The van der Waals surface area contributed by atoms with E-state index >= 15 is 0 Å². The standard InChI is InChI=1S/C11H16Br2N2O2/c12-10-7-9(17-11(10)13)8-14-1-2-15-3-5-16-6-4-15/h7,14H,1-6,8H2. The third-order valence-corrected chi connectivity index (χ3v) is 4.41. The number of hydrogen-bond donors (Lipinski definition) is 1.